The van der Waals surface area contributed by atoms with Crippen molar-refractivity contribution in [2.75, 3.05) is 13.7 Å². The van der Waals surface area contributed by atoms with Gasteiger partial charge in [-0.15, -0.1) is 11.6 Å². The van der Waals surface area contributed by atoms with Gasteiger partial charge in [-0.2, -0.15) is 0 Å². The number of carbonyl (C=O) groups is 1. The number of carbonyl (C=O) groups excluding carboxylic acids is 1. The van der Waals surface area contributed by atoms with Crippen LogP contribution < -0.4 is 10.1 Å². The molecule has 0 aliphatic carbocycles. The van der Waals surface area contributed by atoms with Gasteiger partial charge in [-0.3, -0.25) is 4.79 Å². The van der Waals surface area contributed by atoms with Crippen molar-refractivity contribution in [3.8, 4) is 5.75 Å². The fourth-order valence-corrected chi connectivity index (χ4v) is 2.14. The van der Waals surface area contributed by atoms with E-state index in [1.807, 2.05) is 0 Å². The Hall–Kier alpha value is -1.29. The number of hydrogen-bond acceptors (Lipinski definition) is 2. The van der Waals surface area contributed by atoms with Crippen LogP contribution in [0, 0.1) is 11.7 Å². The van der Waals surface area contributed by atoms with Crippen LogP contribution in [0.1, 0.15) is 30.6 Å². The lowest BCUT2D eigenvalue weighted by atomic mass is 10.1. The van der Waals surface area contributed by atoms with Crippen LogP contribution in [-0.2, 0) is 0 Å². The molecule has 5 heteroatoms. The van der Waals surface area contributed by atoms with Crippen LogP contribution in [0.25, 0.3) is 0 Å². The standard InChI is InChI=1S/C14H19ClFNO2/c1-9(2)6-11(15)8-17-14(18)10-4-5-13(19-3)12(16)7-10/h4-5,7,9,11H,6,8H2,1-3H3,(H,17,18). The smallest absolute Gasteiger partial charge is 0.251 e. The number of halogens is 2. The molecular weight excluding hydrogens is 269 g/mol. The topological polar surface area (TPSA) is 38.3 Å². The van der Waals surface area contributed by atoms with Crippen LogP contribution in [-0.4, -0.2) is 24.9 Å². The summed E-state index contributed by atoms with van der Waals surface area (Å²) in [7, 11) is 1.38. The van der Waals surface area contributed by atoms with E-state index in [1.165, 1.54) is 19.2 Å². The summed E-state index contributed by atoms with van der Waals surface area (Å²) in [6.45, 7) is 4.50. The number of methoxy groups -OCH3 is 1. The van der Waals surface area contributed by atoms with E-state index in [-0.39, 0.29) is 22.6 Å². The third kappa shape index (κ3) is 5.07. The fourth-order valence-electron chi connectivity index (χ4n) is 1.71. The number of alkyl halides is 1. The highest BCUT2D eigenvalue weighted by Gasteiger charge is 2.12. The first-order valence-electron chi connectivity index (χ1n) is 6.19. The third-order valence-corrected chi connectivity index (χ3v) is 2.96. The molecule has 0 fully saturated rings. The van der Waals surface area contributed by atoms with Gasteiger partial charge in [0.1, 0.15) is 0 Å². The number of nitrogens with one attached hydrogen (secondary N) is 1. The van der Waals surface area contributed by atoms with E-state index in [0.29, 0.717) is 12.5 Å². The summed E-state index contributed by atoms with van der Waals surface area (Å²) in [6, 6.07) is 4.10. The van der Waals surface area contributed by atoms with Crippen LogP contribution in [0.3, 0.4) is 0 Å². The van der Waals surface area contributed by atoms with Gasteiger partial charge in [0.15, 0.2) is 11.6 Å². The molecule has 1 aromatic carbocycles. The predicted octanol–water partition coefficient (Wildman–Crippen LogP) is 3.22. The van der Waals surface area contributed by atoms with Crippen molar-refractivity contribution >= 4 is 17.5 Å². The summed E-state index contributed by atoms with van der Waals surface area (Å²) in [5.41, 5.74) is 0.256. The van der Waals surface area contributed by atoms with Gasteiger partial charge in [0, 0.05) is 12.1 Å². The summed E-state index contributed by atoms with van der Waals surface area (Å²) in [6.07, 6.45) is 0.818. The molecule has 0 bridgehead atoms. The first-order valence-corrected chi connectivity index (χ1v) is 6.63. The Bertz CT molecular complexity index is 437. The number of rotatable bonds is 6. The van der Waals surface area contributed by atoms with E-state index in [9.17, 15) is 9.18 Å². The maximum absolute atomic E-state index is 13.5. The molecule has 0 heterocycles. The molecule has 1 N–H and O–H groups in total. The number of benzene rings is 1. The van der Waals surface area contributed by atoms with Crippen LogP contribution in [0.15, 0.2) is 18.2 Å². The van der Waals surface area contributed by atoms with Gasteiger partial charge in [0.2, 0.25) is 0 Å². The Morgan fingerprint density at radius 1 is 1.47 bits per heavy atom. The van der Waals surface area contributed by atoms with E-state index in [1.54, 1.807) is 0 Å². The third-order valence-electron chi connectivity index (χ3n) is 2.63. The Kier molecular flexibility index (Phi) is 6.09. The van der Waals surface area contributed by atoms with Crippen molar-refractivity contribution in [1.82, 2.24) is 5.32 Å². The Morgan fingerprint density at radius 3 is 2.68 bits per heavy atom. The average Bonchev–Trinajstić information content (AvgIpc) is 2.35. The molecule has 0 saturated carbocycles. The predicted molar refractivity (Wildman–Crippen MR) is 74.4 cm³/mol. The lowest BCUT2D eigenvalue weighted by Crippen LogP contribution is -2.30. The van der Waals surface area contributed by atoms with E-state index >= 15 is 0 Å². The molecule has 0 spiro atoms. The molecule has 106 valence electrons. The van der Waals surface area contributed by atoms with Crippen molar-refractivity contribution < 1.29 is 13.9 Å². The highest BCUT2D eigenvalue weighted by Crippen LogP contribution is 2.17. The van der Waals surface area contributed by atoms with Crippen molar-refractivity contribution in [3.05, 3.63) is 29.6 Å². The highest BCUT2D eigenvalue weighted by molar-refractivity contribution is 6.20. The quantitative estimate of drug-likeness (QED) is 0.816. The van der Waals surface area contributed by atoms with Gasteiger partial charge in [0.25, 0.3) is 5.91 Å². The number of ether oxygens (including phenoxy) is 1. The second-order valence-corrected chi connectivity index (χ2v) is 5.40. The summed E-state index contributed by atoms with van der Waals surface area (Å²) < 4.78 is 18.2. The van der Waals surface area contributed by atoms with Crippen LogP contribution in [0.2, 0.25) is 0 Å². The fraction of sp³-hybridized carbons (Fsp3) is 0.500. The minimum Gasteiger partial charge on any atom is -0.494 e. The molecule has 1 amide bonds. The Balaban J connectivity index is 2.56. The second-order valence-electron chi connectivity index (χ2n) is 4.79. The van der Waals surface area contributed by atoms with Gasteiger partial charge in [-0.25, -0.2) is 4.39 Å². The molecule has 0 aromatic heterocycles. The average molecular weight is 288 g/mol. The van der Waals surface area contributed by atoms with Crippen LogP contribution >= 0.6 is 11.6 Å². The second kappa shape index (κ2) is 7.34. The van der Waals surface area contributed by atoms with Gasteiger partial charge < -0.3 is 10.1 Å². The lowest BCUT2D eigenvalue weighted by molar-refractivity contribution is 0.0952. The minimum absolute atomic E-state index is 0.117. The number of amides is 1. The molecule has 3 nitrogen and oxygen atoms in total. The SMILES string of the molecule is COc1ccc(C(=O)NCC(Cl)CC(C)C)cc1F. The zero-order chi connectivity index (χ0) is 14.4. The summed E-state index contributed by atoms with van der Waals surface area (Å²) >= 11 is 6.08. The maximum Gasteiger partial charge on any atom is 0.251 e. The molecular formula is C14H19ClFNO2. The molecule has 0 aliphatic rings. The molecule has 19 heavy (non-hydrogen) atoms. The molecule has 0 saturated heterocycles. The van der Waals surface area contributed by atoms with Gasteiger partial charge in [0.05, 0.1) is 12.5 Å². The normalized spacial score (nSPS) is 12.3. The Morgan fingerprint density at radius 2 is 2.16 bits per heavy atom. The zero-order valence-corrected chi connectivity index (χ0v) is 12.1. The van der Waals surface area contributed by atoms with E-state index < -0.39 is 5.82 Å². The Labute approximate surface area is 118 Å². The van der Waals surface area contributed by atoms with Crippen molar-refractivity contribution in [1.29, 1.82) is 0 Å². The lowest BCUT2D eigenvalue weighted by Gasteiger charge is -2.13. The molecule has 0 radical (unpaired) electrons. The monoisotopic (exact) mass is 287 g/mol. The van der Waals surface area contributed by atoms with Crippen LogP contribution in [0.4, 0.5) is 4.39 Å². The highest BCUT2D eigenvalue weighted by atomic mass is 35.5. The maximum atomic E-state index is 13.5. The molecule has 1 rings (SSSR count). The van der Waals surface area contributed by atoms with Gasteiger partial charge >= 0.3 is 0 Å². The minimum atomic E-state index is -0.556. The molecule has 1 aromatic rings. The number of hydrogen-bond donors (Lipinski definition) is 1. The van der Waals surface area contributed by atoms with Gasteiger partial charge in [-0.05, 0) is 30.5 Å². The molecule has 1 unspecified atom stereocenters. The summed E-state index contributed by atoms with van der Waals surface area (Å²) in [5, 5.41) is 2.57. The first kappa shape index (κ1) is 15.8. The molecule has 1 atom stereocenters. The summed E-state index contributed by atoms with van der Waals surface area (Å²) in [5.74, 6) is -0.305. The first-order chi connectivity index (χ1) is 8.93. The summed E-state index contributed by atoms with van der Waals surface area (Å²) in [4.78, 5) is 11.8. The van der Waals surface area contributed by atoms with E-state index in [2.05, 4.69) is 19.2 Å². The zero-order valence-electron chi connectivity index (χ0n) is 11.4. The van der Waals surface area contributed by atoms with Crippen molar-refractivity contribution in [2.24, 2.45) is 5.92 Å². The van der Waals surface area contributed by atoms with Crippen molar-refractivity contribution in [2.45, 2.75) is 25.6 Å². The van der Waals surface area contributed by atoms with Crippen molar-refractivity contribution in [3.63, 3.8) is 0 Å². The van der Waals surface area contributed by atoms with E-state index in [0.717, 1.165) is 12.5 Å². The van der Waals surface area contributed by atoms with E-state index in [4.69, 9.17) is 16.3 Å². The van der Waals surface area contributed by atoms with Gasteiger partial charge in [-0.1, -0.05) is 13.8 Å². The molecule has 0 aliphatic heterocycles. The van der Waals surface area contributed by atoms with Crippen LogP contribution in [0.5, 0.6) is 5.75 Å². The largest absolute Gasteiger partial charge is 0.494 e.